The summed E-state index contributed by atoms with van der Waals surface area (Å²) in [5, 5.41) is 4.96. The van der Waals surface area contributed by atoms with Crippen molar-refractivity contribution in [2.24, 2.45) is 5.10 Å². The molecule has 0 spiro atoms. The number of hydrogen-bond acceptors (Lipinski definition) is 4. The van der Waals surface area contributed by atoms with E-state index in [1.165, 1.54) is 6.21 Å². The Kier molecular flexibility index (Phi) is 7.11. The summed E-state index contributed by atoms with van der Waals surface area (Å²) in [4.78, 5) is 12.0. The van der Waals surface area contributed by atoms with Crippen molar-refractivity contribution in [3.05, 3.63) is 93.5 Å². The topological polar surface area (TPSA) is 59.9 Å². The highest BCUT2D eigenvalue weighted by Gasteiger charge is 2.07. The Labute approximate surface area is 178 Å². The number of amides is 1. The fraction of sp³-hybridized carbons (Fsp3) is 0.0909. The van der Waals surface area contributed by atoms with Crippen molar-refractivity contribution in [1.29, 1.82) is 0 Å². The normalized spacial score (nSPS) is 10.7. The Bertz CT molecular complexity index is 1020. The third-order valence-electron chi connectivity index (χ3n) is 3.98. The number of benzene rings is 3. The summed E-state index contributed by atoms with van der Waals surface area (Å²) in [5.41, 5.74) is 4.66. The van der Waals surface area contributed by atoms with Gasteiger partial charge in [0.25, 0.3) is 5.91 Å². The standard InChI is InChI=1S/C22H18Cl2N2O3/c1-28-21-12-15(13-25-26-22(27)17-5-3-2-4-6-17)8-10-20(21)29-14-16-7-9-18(23)19(24)11-16/h2-13H,14H2,1H3,(H,26,27)/b25-13+. The molecular formula is C22H18Cl2N2O3. The lowest BCUT2D eigenvalue weighted by atomic mass is 10.2. The largest absolute Gasteiger partial charge is 0.493 e. The molecule has 148 valence electrons. The summed E-state index contributed by atoms with van der Waals surface area (Å²) in [6.07, 6.45) is 1.53. The van der Waals surface area contributed by atoms with Crippen LogP contribution in [0.2, 0.25) is 10.0 Å². The van der Waals surface area contributed by atoms with Crippen molar-refractivity contribution in [2.45, 2.75) is 6.61 Å². The molecule has 0 fully saturated rings. The summed E-state index contributed by atoms with van der Waals surface area (Å²) < 4.78 is 11.2. The molecular weight excluding hydrogens is 411 g/mol. The van der Waals surface area contributed by atoms with Gasteiger partial charge in [-0.2, -0.15) is 5.10 Å². The zero-order chi connectivity index (χ0) is 20.6. The van der Waals surface area contributed by atoms with E-state index in [2.05, 4.69) is 10.5 Å². The smallest absolute Gasteiger partial charge is 0.271 e. The number of carbonyl (C=O) groups excluding carboxylic acids is 1. The number of nitrogens with zero attached hydrogens (tertiary/aromatic N) is 1. The number of nitrogens with one attached hydrogen (secondary N) is 1. The van der Waals surface area contributed by atoms with Gasteiger partial charge in [0.15, 0.2) is 11.5 Å². The van der Waals surface area contributed by atoms with Gasteiger partial charge < -0.3 is 9.47 Å². The number of hydrogen-bond donors (Lipinski definition) is 1. The van der Waals surface area contributed by atoms with Crippen LogP contribution in [0.25, 0.3) is 0 Å². The molecule has 1 N–H and O–H groups in total. The van der Waals surface area contributed by atoms with E-state index >= 15 is 0 Å². The zero-order valence-corrected chi connectivity index (χ0v) is 17.1. The van der Waals surface area contributed by atoms with Gasteiger partial charge in [-0.05, 0) is 53.6 Å². The second-order valence-electron chi connectivity index (χ2n) is 6.01. The molecule has 0 heterocycles. The Morgan fingerprint density at radius 3 is 2.52 bits per heavy atom. The van der Waals surface area contributed by atoms with Crippen molar-refractivity contribution in [3.8, 4) is 11.5 Å². The maximum Gasteiger partial charge on any atom is 0.271 e. The van der Waals surface area contributed by atoms with Crippen molar-refractivity contribution >= 4 is 35.3 Å². The van der Waals surface area contributed by atoms with Crippen LogP contribution in [0.15, 0.2) is 71.8 Å². The molecule has 0 radical (unpaired) electrons. The van der Waals surface area contributed by atoms with Gasteiger partial charge in [-0.1, -0.05) is 47.5 Å². The first-order valence-electron chi connectivity index (χ1n) is 8.70. The number of methoxy groups -OCH3 is 1. The molecule has 0 bridgehead atoms. The number of ether oxygens (including phenoxy) is 2. The summed E-state index contributed by atoms with van der Waals surface area (Å²) in [6, 6.07) is 19.5. The van der Waals surface area contributed by atoms with Crippen LogP contribution < -0.4 is 14.9 Å². The van der Waals surface area contributed by atoms with Gasteiger partial charge in [0.2, 0.25) is 0 Å². The van der Waals surface area contributed by atoms with Crippen LogP contribution in [-0.4, -0.2) is 19.2 Å². The lowest BCUT2D eigenvalue weighted by molar-refractivity contribution is 0.0955. The van der Waals surface area contributed by atoms with Gasteiger partial charge in [0.1, 0.15) is 6.61 Å². The number of carbonyl (C=O) groups is 1. The van der Waals surface area contributed by atoms with Gasteiger partial charge in [0, 0.05) is 5.56 Å². The quantitative estimate of drug-likeness (QED) is 0.407. The van der Waals surface area contributed by atoms with Crippen LogP contribution in [0.5, 0.6) is 11.5 Å². The molecule has 0 atom stereocenters. The predicted octanol–water partition coefficient (Wildman–Crippen LogP) is 5.34. The van der Waals surface area contributed by atoms with Crippen LogP contribution in [0, 0.1) is 0 Å². The second kappa shape index (κ2) is 9.96. The van der Waals surface area contributed by atoms with Crippen molar-refractivity contribution in [2.75, 3.05) is 7.11 Å². The Balaban J connectivity index is 1.63. The average molecular weight is 429 g/mol. The molecule has 5 nitrogen and oxygen atoms in total. The van der Waals surface area contributed by atoms with E-state index < -0.39 is 0 Å². The van der Waals surface area contributed by atoms with Gasteiger partial charge in [-0.3, -0.25) is 4.79 Å². The van der Waals surface area contributed by atoms with Gasteiger partial charge in [0.05, 0.1) is 23.4 Å². The SMILES string of the molecule is COc1cc(/C=N/NC(=O)c2ccccc2)ccc1OCc1ccc(Cl)c(Cl)c1. The molecule has 0 aliphatic heterocycles. The Hall–Kier alpha value is -3.02. The van der Waals surface area contributed by atoms with Crippen molar-refractivity contribution in [3.63, 3.8) is 0 Å². The fourth-order valence-electron chi connectivity index (χ4n) is 2.49. The van der Waals surface area contributed by atoms with Crippen molar-refractivity contribution < 1.29 is 14.3 Å². The van der Waals surface area contributed by atoms with E-state index in [1.807, 2.05) is 18.2 Å². The van der Waals surface area contributed by atoms with Crippen LogP contribution in [0.1, 0.15) is 21.5 Å². The fourth-order valence-corrected chi connectivity index (χ4v) is 2.81. The van der Waals surface area contributed by atoms with Crippen LogP contribution in [0.4, 0.5) is 0 Å². The van der Waals surface area contributed by atoms with Gasteiger partial charge >= 0.3 is 0 Å². The third-order valence-corrected chi connectivity index (χ3v) is 4.72. The zero-order valence-electron chi connectivity index (χ0n) is 15.6. The molecule has 0 aliphatic rings. The Morgan fingerprint density at radius 1 is 1.00 bits per heavy atom. The first-order chi connectivity index (χ1) is 14.1. The van der Waals surface area contributed by atoms with E-state index in [0.29, 0.717) is 33.7 Å². The number of hydrazone groups is 1. The van der Waals surface area contributed by atoms with E-state index in [9.17, 15) is 4.79 Å². The second-order valence-corrected chi connectivity index (χ2v) is 6.83. The number of halogens is 2. The molecule has 0 aliphatic carbocycles. The molecule has 3 rings (SSSR count). The van der Waals surface area contributed by atoms with Gasteiger partial charge in [-0.25, -0.2) is 5.43 Å². The predicted molar refractivity (Wildman–Crippen MR) is 115 cm³/mol. The molecule has 29 heavy (non-hydrogen) atoms. The first kappa shape index (κ1) is 20.7. The van der Waals surface area contributed by atoms with Crippen LogP contribution in [0.3, 0.4) is 0 Å². The molecule has 7 heteroatoms. The average Bonchev–Trinajstić information content (AvgIpc) is 2.75. The summed E-state index contributed by atoms with van der Waals surface area (Å²) in [7, 11) is 1.56. The lowest BCUT2D eigenvalue weighted by Crippen LogP contribution is -2.17. The lowest BCUT2D eigenvalue weighted by Gasteiger charge is -2.11. The minimum absolute atomic E-state index is 0.282. The molecule has 1 amide bonds. The minimum Gasteiger partial charge on any atom is -0.493 e. The highest BCUT2D eigenvalue weighted by atomic mass is 35.5. The molecule has 0 saturated carbocycles. The monoisotopic (exact) mass is 428 g/mol. The summed E-state index contributed by atoms with van der Waals surface area (Å²) in [5.74, 6) is 0.836. The van der Waals surface area contributed by atoms with Crippen LogP contribution >= 0.6 is 23.2 Å². The summed E-state index contributed by atoms with van der Waals surface area (Å²) >= 11 is 12.0. The highest BCUT2D eigenvalue weighted by Crippen LogP contribution is 2.29. The van der Waals surface area contributed by atoms with E-state index in [-0.39, 0.29) is 5.91 Å². The molecule has 3 aromatic carbocycles. The maximum absolute atomic E-state index is 12.0. The maximum atomic E-state index is 12.0. The van der Waals surface area contributed by atoms with Gasteiger partial charge in [-0.15, -0.1) is 0 Å². The van der Waals surface area contributed by atoms with E-state index in [0.717, 1.165) is 11.1 Å². The summed E-state index contributed by atoms with van der Waals surface area (Å²) in [6.45, 7) is 0.313. The molecule has 0 saturated heterocycles. The highest BCUT2D eigenvalue weighted by molar-refractivity contribution is 6.42. The molecule has 3 aromatic rings. The van der Waals surface area contributed by atoms with Crippen LogP contribution in [-0.2, 0) is 6.61 Å². The van der Waals surface area contributed by atoms with E-state index in [4.69, 9.17) is 32.7 Å². The number of rotatable bonds is 7. The minimum atomic E-state index is -0.282. The first-order valence-corrected chi connectivity index (χ1v) is 9.45. The third kappa shape index (κ3) is 5.73. The molecule has 0 unspecified atom stereocenters. The van der Waals surface area contributed by atoms with Crippen molar-refractivity contribution in [1.82, 2.24) is 5.43 Å². The van der Waals surface area contributed by atoms with E-state index in [1.54, 1.807) is 55.6 Å². The Morgan fingerprint density at radius 2 is 1.79 bits per heavy atom. The molecule has 0 aromatic heterocycles.